The fraction of sp³-hybridized carbons (Fsp3) is 0.600. The van der Waals surface area contributed by atoms with Crippen molar-refractivity contribution in [3.05, 3.63) is 29.6 Å². The Morgan fingerprint density at radius 1 is 1.39 bits per heavy atom. The molecule has 1 fully saturated rings. The SMILES string of the molecule is CCNCc1cc(F)ccc1N1CCCC1CC. The summed E-state index contributed by atoms with van der Waals surface area (Å²) in [6.07, 6.45) is 3.67. The van der Waals surface area contributed by atoms with Crippen LogP contribution in [0.2, 0.25) is 0 Å². The van der Waals surface area contributed by atoms with Crippen molar-refractivity contribution in [2.24, 2.45) is 0 Å². The van der Waals surface area contributed by atoms with Crippen LogP contribution in [0.15, 0.2) is 18.2 Å². The summed E-state index contributed by atoms with van der Waals surface area (Å²) in [5.41, 5.74) is 2.29. The molecule has 1 atom stereocenters. The molecule has 0 spiro atoms. The maximum Gasteiger partial charge on any atom is 0.123 e. The van der Waals surface area contributed by atoms with Crippen LogP contribution in [-0.4, -0.2) is 19.1 Å². The molecule has 2 nitrogen and oxygen atoms in total. The van der Waals surface area contributed by atoms with E-state index in [0.29, 0.717) is 6.04 Å². The molecule has 1 unspecified atom stereocenters. The Hall–Kier alpha value is -1.09. The van der Waals surface area contributed by atoms with Gasteiger partial charge in [-0.3, -0.25) is 0 Å². The molecule has 1 saturated heterocycles. The number of hydrogen-bond donors (Lipinski definition) is 1. The third kappa shape index (κ3) is 2.83. The summed E-state index contributed by atoms with van der Waals surface area (Å²) >= 11 is 0. The number of nitrogens with zero attached hydrogens (tertiary/aromatic N) is 1. The lowest BCUT2D eigenvalue weighted by Gasteiger charge is -2.28. The van der Waals surface area contributed by atoms with Crippen LogP contribution in [-0.2, 0) is 6.54 Å². The summed E-state index contributed by atoms with van der Waals surface area (Å²) in [7, 11) is 0. The van der Waals surface area contributed by atoms with E-state index in [1.54, 1.807) is 12.1 Å². The molecule has 1 heterocycles. The summed E-state index contributed by atoms with van der Waals surface area (Å²) in [6, 6.07) is 5.81. The first-order valence-electron chi connectivity index (χ1n) is 7.02. The van der Waals surface area contributed by atoms with Crippen LogP contribution < -0.4 is 10.2 Å². The van der Waals surface area contributed by atoms with Crippen molar-refractivity contribution in [1.82, 2.24) is 5.32 Å². The van der Waals surface area contributed by atoms with Gasteiger partial charge in [-0.15, -0.1) is 0 Å². The smallest absolute Gasteiger partial charge is 0.123 e. The van der Waals surface area contributed by atoms with Crippen molar-refractivity contribution in [2.45, 2.75) is 45.7 Å². The zero-order chi connectivity index (χ0) is 13.0. The van der Waals surface area contributed by atoms with Crippen LogP contribution in [0.5, 0.6) is 0 Å². The zero-order valence-corrected chi connectivity index (χ0v) is 11.4. The molecule has 0 amide bonds. The normalized spacial score (nSPS) is 19.5. The van der Waals surface area contributed by atoms with Gasteiger partial charge < -0.3 is 10.2 Å². The van der Waals surface area contributed by atoms with Crippen LogP contribution in [0, 0.1) is 5.82 Å². The molecule has 0 aliphatic carbocycles. The first kappa shape index (κ1) is 13.3. The Bertz CT molecular complexity index is 392. The van der Waals surface area contributed by atoms with Gasteiger partial charge in [-0.25, -0.2) is 4.39 Å². The van der Waals surface area contributed by atoms with Gasteiger partial charge in [0.1, 0.15) is 5.82 Å². The van der Waals surface area contributed by atoms with E-state index >= 15 is 0 Å². The lowest BCUT2D eigenvalue weighted by molar-refractivity contribution is 0.615. The average Bonchev–Trinajstić information content (AvgIpc) is 2.84. The van der Waals surface area contributed by atoms with Gasteiger partial charge in [0.25, 0.3) is 0 Å². The highest BCUT2D eigenvalue weighted by Crippen LogP contribution is 2.30. The molecule has 100 valence electrons. The highest BCUT2D eigenvalue weighted by atomic mass is 19.1. The number of hydrogen-bond acceptors (Lipinski definition) is 2. The summed E-state index contributed by atoms with van der Waals surface area (Å²) in [6.45, 7) is 7.06. The number of benzene rings is 1. The van der Waals surface area contributed by atoms with Crippen molar-refractivity contribution >= 4 is 5.69 Å². The highest BCUT2D eigenvalue weighted by molar-refractivity contribution is 5.55. The quantitative estimate of drug-likeness (QED) is 0.862. The van der Waals surface area contributed by atoms with Gasteiger partial charge in [-0.2, -0.15) is 0 Å². The van der Waals surface area contributed by atoms with Crippen LogP contribution in [0.1, 0.15) is 38.7 Å². The molecular formula is C15H23FN2. The predicted octanol–water partition coefficient (Wildman–Crippen LogP) is 3.31. The van der Waals surface area contributed by atoms with Crippen molar-refractivity contribution in [3.63, 3.8) is 0 Å². The van der Waals surface area contributed by atoms with Crippen molar-refractivity contribution in [2.75, 3.05) is 18.0 Å². The maximum absolute atomic E-state index is 13.4. The second-order valence-corrected chi connectivity index (χ2v) is 4.95. The Morgan fingerprint density at radius 2 is 2.22 bits per heavy atom. The van der Waals surface area contributed by atoms with E-state index in [2.05, 4.69) is 24.1 Å². The maximum atomic E-state index is 13.4. The Morgan fingerprint density at radius 3 is 2.94 bits per heavy atom. The average molecular weight is 250 g/mol. The van der Waals surface area contributed by atoms with Crippen LogP contribution >= 0.6 is 0 Å². The van der Waals surface area contributed by atoms with Gasteiger partial charge in [0, 0.05) is 24.8 Å². The minimum absolute atomic E-state index is 0.140. The molecular weight excluding hydrogens is 227 g/mol. The Balaban J connectivity index is 2.25. The van der Waals surface area contributed by atoms with Gasteiger partial charge in [0.2, 0.25) is 0 Å². The largest absolute Gasteiger partial charge is 0.368 e. The first-order chi connectivity index (χ1) is 8.76. The minimum atomic E-state index is -0.140. The van der Waals surface area contributed by atoms with E-state index in [1.165, 1.54) is 18.5 Å². The minimum Gasteiger partial charge on any atom is -0.368 e. The first-order valence-corrected chi connectivity index (χ1v) is 7.02. The third-order valence-electron chi connectivity index (χ3n) is 3.76. The summed E-state index contributed by atoms with van der Waals surface area (Å²) in [5.74, 6) is -0.140. The van der Waals surface area contributed by atoms with Gasteiger partial charge >= 0.3 is 0 Å². The molecule has 0 saturated carbocycles. The molecule has 18 heavy (non-hydrogen) atoms. The third-order valence-corrected chi connectivity index (χ3v) is 3.76. The standard InChI is InChI=1S/C15H23FN2/c1-3-14-6-5-9-18(14)15-8-7-13(16)10-12(15)11-17-4-2/h7-8,10,14,17H,3-6,9,11H2,1-2H3. The molecule has 0 bridgehead atoms. The van der Waals surface area contributed by atoms with Gasteiger partial charge in [-0.05, 0) is 49.6 Å². The molecule has 1 aromatic rings. The molecule has 1 aromatic carbocycles. The van der Waals surface area contributed by atoms with Gasteiger partial charge in [0.05, 0.1) is 0 Å². The molecule has 1 aliphatic rings. The van der Waals surface area contributed by atoms with E-state index in [4.69, 9.17) is 0 Å². The van der Waals surface area contributed by atoms with Gasteiger partial charge in [-0.1, -0.05) is 13.8 Å². The van der Waals surface area contributed by atoms with Crippen molar-refractivity contribution < 1.29 is 4.39 Å². The Kier molecular flexibility index (Phi) is 4.59. The van der Waals surface area contributed by atoms with E-state index < -0.39 is 0 Å². The summed E-state index contributed by atoms with van der Waals surface area (Å²) in [4.78, 5) is 2.45. The number of nitrogens with one attached hydrogen (secondary N) is 1. The molecule has 1 N–H and O–H groups in total. The fourth-order valence-corrected chi connectivity index (χ4v) is 2.81. The van der Waals surface area contributed by atoms with Crippen molar-refractivity contribution in [3.8, 4) is 0 Å². The lowest BCUT2D eigenvalue weighted by Crippen LogP contribution is -2.30. The lowest BCUT2D eigenvalue weighted by atomic mass is 10.1. The van der Waals surface area contributed by atoms with Crippen LogP contribution in [0.3, 0.4) is 0 Å². The summed E-state index contributed by atoms with van der Waals surface area (Å²) in [5, 5.41) is 3.30. The highest BCUT2D eigenvalue weighted by Gasteiger charge is 2.24. The second-order valence-electron chi connectivity index (χ2n) is 4.95. The van der Waals surface area contributed by atoms with Gasteiger partial charge in [0.15, 0.2) is 0 Å². The predicted molar refractivity (Wildman–Crippen MR) is 74.4 cm³/mol. The molecule has 0 radical (unpaired) electrons. The van der Waals surface area contributed by atoms with E-state index in [0.717, 1.165) is 31.6 Å². The van der Waals surface area contributed by atoms with Crippen molar-refractivity contribution in [1.29, 1.82) is 0 Å². The van der Waals surface area contributed by atoms with Crippen LogP contribution in [0.25, 0.3) is 0 Å². The van der Waals surface area contributed by atoms with E-state index in [-0.39, 0.29) is 5.82 Å². The second kappa shape index (κ2) is 6.19. The number of rotatable bonds is 5. The fourth-order valence-electron chi connectivity index (χ4n) is 2.81. The monoisotopic (exact) mass is 250 g/mol. The van der Waals surface area contributed by atoms with Crippen LogP contribution in [0.4, 0.5) is 10.1 Å². The van der Waals surface area contributed by atoms with E-state index in [1.807, 2.05) is 6.07 Å². The number of anilines is 1. The Labute approximate surface area is 109 Å². The molecule has 1 aliphatic heterocycles. The molecule has 0 aromatic heterocycles. The zero-order valence-electron chi connectivity index (χ0n) is 11.4. The topological polar surface area (TPSA) is 15.3 Å². The molecule has 2 rings (SSSR count). The molecule has 3 heteroatoms. The summed E-state index contributed by atoms with van der Waals surface area (Å²) < 4.78 is 13.4. The number of halogens is 1. The van der Waals surface area contributed by atoms with E-state index in [9.17, 15) is 4.39 Å².